The molecule has 2 aromatic rings. The minimum Gasteiger partial charge on any atom is -0.493 e. The van der Waals surface area contributed by atoms with Gasteiger partial charge in [0.25, 0.3) is 0 Å². The Kier molecular flexibility index (Phi) is 5.08. The highest BCUT2D eigenvalue weighted by atomic mass is 35.5. The molecule has 0 spiro atoms. The van der Waals surface area contributed by atoms with Gasteiger partial charge < -0.3 is 14.8 Å². The first-order valence-corrected chi connectivity index (χ1v) is 7.77. The number of rotatable bonds is 5. The van der Waals surface area contributed by atoms with Gasteiger partial charge in [0.05, 0.1) is 24.9 Å². The number of thiazole rings is 1. The lowest BCUT2D eigenvalue weighted by molar-refractivity contribution is 0.355. The summed E-state index contributed by atoms with van der Waals surface area (Å²) in [6.45, 7) is 4.14. The van der Waals surface area contributed by atoms with Crippen LogP contribution in [0.3, 0.4) is 0 Å². The lowest BCUT2D eigenvalue weighted by atomic mass is 10.2. The zero-order chi connectivity index (χ0) is 15.6. The lowest BCUT2D eigenvalue weighted by Crippen LogP contribution is -2.11. The van der Waals surface area contributed by atoms with Crippen LogP contribution in [-0.4, -0.2) is 26.3 Å². The maximum absolute atomic E-state index is 6.26. The molecule has 1 N–H and O–H groups in total. The minimum atomic E-state index is 0.270. The van der Waals surface area contributed by atoms with Gasteiger partial charge in [-0.25, -0.2) is 4.98 Å². The number of hydrogen-bond acceptors (Lipinski definition) is 5. The molecule has 21 heavy (non-hydrogen) atoms. The van der Waals surface area contributed by atoms with E-state index in [0.29, 0.717) is 16.5 Å². The standard InChI is InChI=1S/C15H19ClN2O2S/c1-8(17-3)14-9(2)18-15(21-14)10-6-11(16)13(20-5)12(7-10)19-4/h6-8,17H,1-5H3. The van der Waals surface area contributed by atoms with Crippen LogP contribution in [0.2, 0.25) is 5.02 Å². The Hall–Kier alpha value is -1.30. The zero-order valence-electron chi connectivity index (χ0n) is 12.8. The molecule has 0 saturated carbocycles. The highest BCUT2D eigenvalue weighted by Crippen LogP contribution is 2.41. The van der Waals surface area contributed by atoms with E-state index in [2.05, 4.69) is 17.2 Å². The summed E-state index contributed by atoms with van der Waals surface area (Å²) in [5.74, 6) is 1.15. The van der Waals surface area contributed by atoms with Gasteiger partial charge in [0.15, 0.2) is 11.5 Å². The summed E-state index contributed by atoms with van der Waals surface area (Å²) in [6.07, 6.45) is 0. The third kappa shape index (κ3) is 3.15. The molecule has 0 saturated heterocycles. The molecule has 0 aliphatic carbocycles. The van der Waals surface area contributed by atoms with Gasteiger partial charge in [-0.15, -0.1) is 11.3 Å². The SMILES string of the molecule is CNC(C)c1sc(-c2cc(Cl)c(OC)c(OC)c2)nc1C. The molecule has 0 aliphatic rings. The Balaban J connectivity index is 2.50. The van der Waals surface area contributed by atoms with Crippen molar-refractivity contribution in [3.05, 3.63) is 27.7 Å². The smallest absolute Gasteiger partial charge is 0.179 e. The first-order chi connectivity index (χ1) is 10.0. The molecule has 4 nitrogen and oxygen atoms in total. The Bertz CT molecular complexity index is 643. The van der Waals surface area contributed by atoms with Crippen LogP contribution in [0.5, 0.6) is 11.5 Å². The van der Waals surface area contributed by atoms with E-state index in [1.54, 1.807) is 25.6 Å². The average molecular weight is 327 g/mol. The summed E-state index contributed by atoms with van der Waals surface area (Å²) in [5, 5.41) is 4.68. The van der Waals surface area contributed by atoms with Gasteiger partial charge in [0, 0.05) is 16.5 Å². The van der Waals surface area contributed by atoms with E-state index in [4.69, 9.17) is 21.1 Å². The monoisotopic (exact) mass is 326 g/mol. The molecule has 0 amide bonds. The summed E-state index contributed by atoms with van der Waals surface area (Å²) in [6, 6.07) is 4.03. The van der Waals surface area contributed by atoms with Crippen molar-refractivity contribution in [1.82, 2.24) is 10.3 Å². The van der Waals surface area contributed by atoms with Gasteiger partial charge in [-0.1, -0.05) is 11.6 Å². The van der Waals surface area contributed by atoms with E-state index in [-0.39, 0.29) is 6.04 Å². The van der Waals surface area contributed by atoms with Crippen molar-refractivity contribution >= 4 is 22.9 Å². The van der Waals surface area contributed by atoms with Gasteiger partial charge in [0.2, 0.25) is 0 Å². The second-order valence-corrected chi connectivity index (χ2v) is 6.11. The van der Waals surface area contributed by atoms with Crippen LogP contribution in [0.1, 0.15) is 23.5 Å². The van der Waals surface area contributed by atoms with Gasteiger partial charge in [-0.2, -0.15) is 0 Å². The van der Waals surface area contributed by atoms with Crippen LogP contribution >= 0.6 is 22.9 Å². The summed E-state index contributed by atoms with van der Waals surface area (Å²) in [4.78, 5) is 5.87. The molecule has 0 radical (unpaired) electrons. The van der Waals surface area contributed by atoms with Gasteiger partial charge >= 0.3 is 0 Å². The maximum Gasteiger partial charge on any atom is 0.179 e. The van der Waals surface area contributed by atoms with Gasteiger partial charge in [-0.3, -0.25) is 0 Å². The van der Waals surface area contributed by atoms with Crippen molar-refractivity contribution in [1.29, 1.82) is 0 Å². The molecular formula is C15H19ClN2O2S. The summed E-state index contributed by atoms with van der Waals surface area (Å²) in [7, 11) is 5.11. The number of halogens is 1. The van der Waals surface area contributed by atoms with Gasteiger partial charge in [0.1, 0.15) is 5.01 Å². The molecule has 6 heteroatoms. The number of benzene rings is 1. The van der Waals surface area contributed by atoms with Crippen LogP contribution in [0, 0.1) is 6.92 Å². The third-order valence-corrected chi connectivity index (χ3v) is 5.01. The minimum absolute atomic E-state index is 0.270. The largest absolute Gasteiger partial charge is 0.493 e. The predicted octanol–water partition coefficient (Wildman–Crippen LogP) is 4.07. The Labute approximate surface area is 134 Å². The fourth-order valence-electron chi connectivity index (χ4n) is 2.11. The molecule has 0 bridgehead atoms. The fraction of sp³-hybridized carbons (Fsp3) is 0.400. The summed E-state index contributed by atoms with van der Waals surface area (Å²) >= 11 is 7.92. The van der Waals surface area contributed by atoms with Crippen molar-refractivity contribution in [2.75, 3.05) is 21.3 Å². The second kappa shape index (κ2) is 6.64. The number of nitrogens with zero attached hydrogens (tertiary/aromatic N) is 1. The first kappa shape index (κ1) is 16.1. The topological polar surface area (TPSA) is 43.4 Å². The van der Waals surface area contributed by atoms with E-state index < -0.39 is 0 Å². The first-order valence-electron chi connectivity index (χ1n) is 6.58. The van der Waals surface area contributed by atoms with E-state index in [1.807, 2.05) is 26.1 Å². The van der Waals surface area contributed by atoms with E-state index in [9.17, 15) is 0 Å². The van der Waals surface area contributed by atoms with Crippen molar-refractivity contribution in [2.24, 2.45) is 0 Å². The second-order valence-electron chi connectivity index (χ2n) is 4.67. The quantitative estimate of drug-likeness (QED) is 0.899. The number of aryl methyl sites for hydroxylation is 1. The number of ether oxygens (including phenoxy) is 2. The van der Waals surface area contributed by atoms with E-state index in [0.717, 1.165) is 16.3 Å². The summed E-state index contributed by atoms with van der Waals surface area (Å²) < 4.78 is 10.6. The molecule has 2 rings (SSSR count). The van der Waals surface area contributed by atoms with Crippen molar-refractivity contribution < 1.29 is 9.47 Å². The lowest BCUT2D eigenvalue weighted by Gasteiger charge is -2.10. The highest BCUT2D eigenvalue weighted by molar-refractivity contribution is 7.15. The van der Waals surface area contributed by atoms with Gasteiger partial charge in [-0.05, 0) is 33.0 Å². The van der Waals surface area contributed by atoms with Crippen LogP contribution in [0.25, 0.3) is 10.6 Å². The Morgan fingerprint density at radius 3 is 2.57 bits per heavy atom. The van der Waals surface area contributed by atoms with Crippen molar-refractivity contribution in [3.63, 3.8) is 0 Å². The molecular weight excluding hydrogens is 308 g/mol. The van der Waals surface area contributed by atoms with Crippen molar-refractivity contribution in [2.45, 2.75) is 19.9 Å². The number of methoxy groups -OCH3 is 2. The summed E-state index contributed by atoms with van der Waals surface area (Å²) in [5.41, 5.74) is 1.96. The normalized spacial score (nSPS) is 12.3. The number of nitrogens with one attached hydrogen (secondary N) is 1. The number of aromatic nitrogens is 1. The third-order valence-electron chi connectivity index (χ3n) is 3.34. The van der Waals surface area contributed by atoms with E-state index >= 15 is 0 Å². The molecule has 1 unspecified atom stereocenters. The Morgan fingerprint density at radius 1 is 1.29 bits per heavy atom. The molecule has 1 atom stereocenters. The zero-order valence-corrected chi connectivity index (χ0v) is 14.4. The highest BCUT2D eigenvalue weighted by Gasteiger charge is 2.17. The van der Waals surface area contributed by atoms with E-state index in [1.165, 1.54) is 4.88 Å². The average Bonchev–Trinajstić information content (AvgIpc) is 2.87. The van der Waals surface area contributed by atoms with Crippen LogP contribution in [-0.2, 0) is 0 Å². The Morgan fingerprint density at radius 2 is 2.00 bits per heavy atom. The fourth-order valence-corrected chi connectivity index (χ4v) is 3.51. The maximum atomic E-state index is 6.26. The molecule has 114 valence electrons. The van der Waals surface area contributed by atoms with Crippen LogP contribution in [0.4, 0.5) is 0 Å². The van der Waals surface area contributed by atoms with Crippen molar-refractivity contribution in [3.8, 4) is 22.1 Å². The molecule has 1 aromatic heterocycles. The predicted molar refractivity (Wildman–Crippen MR) is 87.9 cm³/mol. The van der Waals surface area contributed by atoms with Crippen LogP contribution in [0.15, 0.2) is 12.1 Å². The molecule has 1 heterocycles. The molecule has 0 aliphatic heterocycles. The molecule has 0 fully saturated rings. The molecule has 1 aromatic carbocycles. The number of hydrogen-bond donors (Lipinski definition) is 1. The van der Waals surface area contributed by atoms with Crippen LogP contribution < -0.4 is 14.8 Å².